The smallest absolute Gasteiger partial charge is 0.271 e. The van der Waals surface area contributed by atoms with Crippen LogP contribution in [0.2, 0.25) is 0 Å². The van der Waals surface area contributed by atoms with Gasteiger partial charge in [0, 0.05) is 50.5 Å². The molecule has 0 bridgehead atoms. The van der Waals surface area contributed by atoms with Crippen LogP contribution in [-0.4, -0.2) is 59.0 Å². The van der Waals surface area contributed by atoms with E-state index >= 15 is 0 Å². The summed E-state index contributed by atoms with van der Waals surface area (Å²) in [6.45, 7) is 7.51. The van der Waals surface area contributed by atoms with Gasteiger partial charge in [0.15, 0.2) is 0 Å². The Labute approximate surface area is 155 Å². The lowest BCUT2D eigenvalue weighted by Gasteiger charge is -2.55. The highest BCUT2D eigenvalue weighted by Crippen LogP contribution is 2.45. The fourth-order valence-corrected chi connectivity index (χ4v) is 3.31. The Morgan fingerprint density at radius 2 is 2.15 bits per heavy atom. The summed E-state index contributed by atoms with van der Waals surface area (Å²) in [5.74, 6) is -0.295. The minimum absolute atomic E-state index is 0.0227. The summed E-state index contributed by atoms with van der Waals surface area (Å²) in [5, 5.41) is 2.71. The van der Waals surface area contributed by atoms with Gasteiger partial charge < -0.3 is 15.0 Å². The molecule has 26 heavy (non-hydrogen) atoms. The molecule has 2 rings (SSSR count). The second-order valence-corrected chi connectivity index (χ2v) is 7.39. The number of hydrogen-bond acceptors (Lipinski definition) is 5. The van der Waals surface area contributed by atoms with Crippen LogP contribution >= 0.6 is 0 Å². The molecule has 1 aliphatic rings. The van der Waals surface area contributed by atoms with Crippen molar-refractivity contribution in [3.63, 3.8) is 0 Å². The van der Waals surface area contributed by atoms with E-state index in [1.807, 2.05) is 7.05 Å². The van der Waals surface area contributed by atoms with Gasteiger partial charge in [0.05, 0.1) is 12.3 Å². The van der Waals surface area contributed by atoms with Gasteiger partial charge in [0.1, 0.15) is 5.69 Å². The third-order valence-electron chi connectivity index (χ3n) is 5.22. The van der Waals surface area contributed by atoms with Gasteiger partial charge in [0.2, 0.25) is 5.91 Å². The summed E-state index contributed by atoms with van der Waals surface area (Å²) in [4.78, 5) is 34.0. The van der Waals surface area contributed by atoms with Crippen molar-refractivity contribution in [2.45, 2.75) is 58.6 Å². The van der Waals surface area contributed by atoms with Crippen LogP contribution in [0.1, 0.15) is 56.9 Å². The molecular formula is C19H30N4O3. The van der Waals surface area contributed by atoms with Crippen LogP contribution in [0.3, 0.4) is 0 Å². The number of ether oxygens (including phenoxy) is 1. The van der Waals surface area contributed by atoms with E-state index in [0.29, 0.717) is 0 Å². The first-order valence-corrected chi connectivity index (χ1v) is 9.29. The maximum absolute atomic E-state index is 12.5. The van der Waals surface area contributed by atoms with Crippen molar-refractivity contribution in [1.82, 2.24) is 20.2 Å². The van der Waals surface area contributed by atoms with Gasteiger partial charge >= 0.3 is 0 Å². The standard InChI is InChI=1S/C19H30N4O3/c1-5-6-11-26-16-12-15(19(16,2)3)23(4)17(24)7-8-22-18(25)14-13-20-9-10-21-14/h9-10,13,15-16H,5-8,11-12H2,1-4H3,(H,22,25)/t15-,16-/m1/s1. The van der Waals surface area contributed by atoms with E-state index in [-0.39, 0.29) is 48.0 Å². The molecule has 1 saturated carbocycles. The predicted molar refractivity (Wildman–Crippen MR) is 98.6 cm³/mol. The quantitative estimate of drug-likeness (QED) is 0.680. The molecule has 0 saturated heterocycles. The zero-order valence-electron chi connectivity index (χ0n) is 16.2. The minimum Gasteiger partial charge on any atom is -0.378 e. The number of rotatable bonds is 9. The predicted octanol–water partition coefficient (Wildman–Crippen LogP) is 2.04. The number of carbonyl (C=O) groups is 2. The normalized spacial score (nSPS) is 20.9. The molecule has 0 aromatic carbocycles. The van der Waals surface area contributed by atoms with Gasteiger partial charge in [0.25, 0.3) is 5.91 Å². The van der Waals surface area contributed by atoms with Gasteiger partial charge in [-0.1, -0.05) is 27.2 Å². The summed E-state index contributed by atoms with van der Waals surface area (Å²) in [7, 11) is 1.83. The van der Waals surface area contributed by atoms with Crippen LogP contribution in [-0.2, 0) is 9.53 Å². The number of carbonyl (C=O) groups excluding carboxylic acids is 2. The van der Waals surface area contributed by atoms with E-state index < -0.39 is 0 Å². The molecule has 1 aliphatic carbocycles. The lowest BCUT2D eigenvalue weighted by molar-refractivity contribution is -0.164. The van der Waals surface area contributed by atoms with Crippen LogP contribution in [0.25, 0.3) is 0 Å². The Morgan fingerprint density at radius 3 is 2.77 bits per heavy atom. The van der Waals surface area contributed by atoms with E-state index in [1.54, 1.807) is 4.90 Å². The highest BCUT2D eigenvalue weighted by atomic mass is 16.5. The molecule has 0 aliphatic heterocycles. The molecule has 1 fully saturated rings. The van der Waals surface area contributed by atoms with Gasteiger partial charge in [-0.3, -0.25) is 14.6 Å². The van der Waals surface area contributed by atoms with Crippen molar-refractivity contribution in [2.75, 3.05) is 20.2 Å². The Hall–Kier alpha value is -2.02. The molecule has 7 nitrogen and oxygen atoms in total. The maximum Gasteiger partial charge on any atom is 0.271 e. The second-order valence-electron chi connectivity index (χ2n) is 7.39. The van der Waals surface area contributed by atoms with Crippen LogP contribution in [0.4, 0.5) is 0 Å². The van der Waals surface area contributed by atoms with E-state index in [0.717, 1.165) is 25.9 Å². The summed E-state index contributed by atoms with van der Waals surface area (Å²) in [6.07, 6.45) is 7.89. The SMILES string of the molecule is CCCCO[C@@H]1C[C@@H](N(C)C(=O)CCNC(=O)c2cnccn2)C1(C)C. The molecule has 2 amide bonds. The monoisotopic (exact) mass is 362 g/mol. The molecule has 0 radical (unpaired) electrons. The van der Waals surface area contributed by atoms with Crippen LogP contribution in [0, 0.1) is 5.41 Å². The van der Waals surface area contributed by atoms with Gasteiger partial charge in [-0.2, -0.15) is 0 Å². The highest BCUT2D eigenvalue weighted by molar-refractivity contribution is 5.92. The first-order chi connectivity index (χ1) is 12.4. The Morgan fingerprint density at radius 1 is 1.38 bits per heavy atom. The largest absolute Gasteiger partial charge is 0.378 e. The van der Waals surface area contributed by atoms with E-state index in [1.165, 1.54) is 18.6 Å². The molecule has 2 atom stereocenters. The van der Waals surface area contributed by atoms with Crippen LogP contribution in [0.5, 0.6) is 0 Å². The molecule has 7 heteroatoms. The Balaban J connectivity index is 1.75. The maximum atomic E-state index is 12.5. The van der Waals surface area contributed by atoms with E-state index in [2.05, 4.69) is 36.1 Å². The highest BCUT2D eigenvalue weighted by Gasteiger charge is 2.51. The average molecular weight is 362 g/mol. The lowest BCUT2D eigenvalue weighted by atomic mass is 9.63. The molecule has 144 valence electrons. The summed E-state index contributed by atoms with van der Waals surface area (Å²) < 4.78 is 5.95. The van der Waals surface area contributed by atoms with Crippen molar-refractivity contribution < 1.29 is 14.3 Å². The molecule has 0 unspecified atom stereocenters. The van der Waals surface area contributed by atoms with Gasteiger partial charge in [-0.15, -0.1) is 0 Å². The fraction of sp³-hybridized carbons (Fsp3) is 0.684. The zero-order chi connectivity index (χ0) is 19.2. The lowest BCUT2D eigenvalue weighted by Crippen LogP contribution is -2.62. The topological polar surface area (TPSA) is 84.4 Å². The van der Waals surface area contributed by atoms with Crippen LogP contribution < -0.4 is 5.32 Å². The molecular weight excluding hydrogens is 332 g/mol. The number of hydrogen-bond donors (Lipinski definition) is 1. The van der Waals surface area contributed by atoms with Crippen molar-refractivity contribution >= 4 is 11.8 Å². The van der Waals surface area contributed by atoms with Crippen LogP contribution in [0.15, 0.2) is 18.6 Å². The van der Waals surface area contributed by atoms with Gasteiger partial charge in [-0.25, -0.2) is 4.98 Å². The zero-order valence-corrected chi connectivity index (χ0v) is 16.2. The second kappa shape index (κ2) is 9.07. The third-order valence-corrected chi connectivity index (χ3v) is 5.22. The Bertz CT molecular complexity index is 606. The third kappa shape index (κ3) is 4.78. The van der Waals surface area contributed by atoms with Crippen molar-refractivity contribution in [1.29, 1.82) is 0 Å². The van der Waals surface area contributed by atoms with Crippen molar-refractivity contribution in [3.05, 3.63) is 24.3 Å². The van der Waals surface area contributed by atoms with E-state index in [4.69, 9.17) is 4.74 Å². The molecule has 1 heterocycles. The van der Waals surface area contributed by atoms with E-state index in [9.17, 15) is 9.59 Å². The Kier molecular flexibility index (Phi) is 7.08. The van der Waals surface area contributed by atoms with Crippen molar-refractivity contribution in [3.8, 4) is 0 Å². The summed E-state index contributed by atoms with van der Waals surface area (Å²) >= 11 is 0. The number of unbranched alkanes of at least 4 members (excludes halogenated alkanes) is 1. The summed E-state index contributed by atoms with van der Waals surface area (Å²) in [5.41, 5.74) is 0.196. The first kappa shape index (κ1) is 20.3. The molecule has 1 aromatic heterocycles. The molecule has 1 N–H and O–H groups in total. The first-order valence-electron chi connectivity index (χ1n) is 9.29. The number of amides is 2. The average Bonchev–Trinajstić information content (AvgIpc) is 2.64. The number of nitrogens with one attached hydrogen (secondary N) is 1. The summed E-state index contributed by atoms with van der Waals surface area (Å²) in [6, 6.07) is 0.164. The molecule has 0 spiro atoms. The number of nitrogens with zero attached hydrogens (tertiary/aromatic N) is 3. The molecule has 1 aromatic rings. The van der Waals surface area contributed by atoms with Gasteiger partial charge in [-0.05, 0) is 12.8 Å². The number of aromatic nitrogens is 2. The fourth-order valence-electron chi connectivity index (χ4n) is 3.31. The van der Waals surface area contributed by atoms with Crippen molar-refractivity contribution in [2.24, 2.45) is 5.41 Å². The minimum atomic E-state index is -0.318.